The first-order valence-corrected chi connectivity index (χ1v) is 9.10. The van der Waals surface area contributed by atoms with Crippen LogP contribution in [0.4, 0.5) is 10.1 Å². The Labute approximate surface area is 166 Å². The molecule has 26 heavy (non-hydrogen) atoms. The van der Waals surface area contributed by atoms with E-state index >= 15 is 0 Å². The van der Waals surface area contributed by atoms with E-state index in [9.17, 15) is 14.0 Å². The maximum atomic E-state index is 13.3. The van der Waals surface area contributed by atoms with Gasteiger partial charge in [0.2, 0.25) is 0 Å². The number of carbonyl (C=O) groups is 2. The topological polar surface area (TPSA) is 55.4 Å². The predicted molar refractivity (Wildman–Crippen MR) is 102 cm³/mol. The van der Waals surface area contributed by atoms with Crippen LogP contribution in [0.15, 0.2) is 36.4 Å². The Hall–Kier alpha value is -1.86. The lowest BCUT2D eigenvalue weighted by molar-refractivity contribution is -0.119. The molecule has 0 unspecified atom stereocenters. The summed E-state index contributed by atoms with van der Waals surface area (Å²) in [6.07, 6.45) is 0. The fraction of sp³-hybridized carbons (Fsp3) is 0.0588. The second-order valence-corrected chi connectivity index (χ2v) is 7.41. The number of benzene rings is 2. The van der Waals surface area contributed by atoms with Crippen LogP contribution in [0.3, 0.4) is 0 Å². The molecule has 0 atom stereocenters. The number of hydrogen-bond donors (Lipinski definition) is 1. The summed E-state index contributed by atoms with van der Waals surface area (Å²) in [4.78, 5) is 24.2. The third kappa shape index (κ3) is 4.10. The zero-order chi connectivity index (χ0) is 18.8. The highest BCUT2D eigenvalue weighted by atomic mass is 35.5. The standard InChI is InChI=1S/C17H9Cl3FNO3S/c18-8-1-4-12(11(19)5-8)22-14(23)7-25-17(24)16-15(20)10-3-2-9(21)6-13(10)26-16/h1-6H,7H2,(H,22,23). The van der Waals surface area contributed by atoms with Gasteiger partial charge in [-0.3, -0.25) is 4.79 Å². The van der Waals surface area contributed by atoms with E-state index in [4.69, 9.17) is 39.5 Å². The average Bonchev–Trinajstić information content (AvgIpc) is 2.91. The number of hydrogen-bond acceptors (Lipinski definition) is 4. The Bertz CT molecular complexity index is 1020. The molecule has 0 aliphatic rings. The van der Waals surface area contributed by atoms with E-state index < -0.39 is 24.3 Å². The van der Waals surface area contributed by atoms with Gasteiger partial charge in [0.1, 0.15) is 10.7 Å². The fourth-order valence-electron chi connectivity index (χ4n) is 2.14. The number of esters is 1. The molecule has 0 fully saturated rings. The van der Waals surface area contributed by atoms with Crippen molar-refractivity contribution in [3.63, 3.8) is 0 Å². The number of thiophene rings is 1. The molecule has 1 heterocycles. The molecule has 0 aliphatic carbocycles. The van der Waals surface area contributed by atoms with Gasteiger partial charge in [-0.2, -0.15) is 0 Å². The second kappa shape index (κ2) is 7.80. The quantitative estimate of drug-likeness (QED) is 0.530. The van der Waals surface area contributed by atoms with Crippen molar-refractivity contribution in [3.05, 3.63) is 62.2 Å². The predicted octanol–water partition coefficient (Wildman–Crippen LogP) is 5.80. The highest BCUT2D eigenvalue weighted by Crippen LogP contribution is 2.36. The van der Waals surface area contributed by atoms with Crippen LogP contribution in [0.25, 0.3) is 10.1 Å². The van der Waals surface area contributed by atoms with Crippen molar-refractivity contribution in [3.8, 4) is 0 Å². The van der Waals surface area contributed by atoms with Crippen molar-refractivity contribution in [1.29, 1.82) is 0 Å². The first kappa shape index (κ1) is 18.9. The summed E-state index contributed by atoms with van der Waals surface area (Å²) < 4.78 is 18.8. The molecule has 1 amide bonds. The SMILES string of the molecule is O=C(COC(=O)c1sc2cc(F)ccc2c1Cl)Nc1ccc(Cl)cc1Cl. The number of anilines is 1. The van der Waals surface area contributed by atoms with E-state index in [-0.39, 0.29) is 14.9 Å². The minimum Gasteiger partial charge on any atom is -0.451 e. The van der Waals surface area contributed by atoms with E-state index in [0.717, 1.165) is 11.3 Å². The minimum atomic E-state index is -0.769. The lowest BCUT2D eigenvalue weighted by Gasteiger charge is -2.08. The van der Waals surface area contributed by atoms with Gasteiger partial charge in [-0.1, -0.05) is 34.8 Å². The van der Waals surface area contributed by atoms with Gasteiger partial charge in [0.05, 0.1) is 15.7 Å². The molecule has 4 nitrogen and oxygen atoms in total. The van der Waals surface area contributed by atoms with Crippen LogP contribution < -0.4 is 5.32 Å². The average molecular weight is 433 g/mol. The molecule has 1 N–H and O–H groups in total. The summed E-state index contributed by atoms with van der Waals surface area (Å²) in [5.41, 5.74) is 0.340. The van der Waals surface area contributed by atoms with Crippen LogP contribution in [0.1, 0.15) is 9.67 Å². The van der Waals surface area contributed by atoms with Crippen molar-refractivity contribution in [2.75, 3.05) is 11.9 Å². The molecule has 2 aromatic carbocycles. The monoisotopic (exact) mass is 431 g/mol. The molecular formula is C17H9Cl3FNO3S. The van der Waals surface area contributed by atoms with Crippen LogP contribution >= 0.6 is 46.1 Å². The molecule has 9 heteroatoms. The van der Waals surface area contributed by atoms with Crippen molar-refractivity contribution in [2.45, 2.75) is 0 Å². The first-order valence-electron chi connectivity index (χ1n) is 7.14. The van der Waals surface area contributed by atoms with Gasteiger partial charge in [-0.25, -0.2) is 9.18 Å². The lowest BCUT2D eigenvalue weighted by Crippen LogP contribution is -2.20. The highest BCUT2D eigenvalue weighted by molar-refractivity contribution is 7.21. The van der Waals surface area contributed by atoms with Crippen LogP contribution in [0.5, 0.6) is 0 Å². The summed E-state index contributed by atoms with van der Waals surface area (Å²) in [5.74, 6) is -1.78. The summed E-state index contributed by atoms with van der Waals surface area (Å²) in [7, 11) is 0. The van der Waals surface area contributed by atoms with Gasteiger partial charge < -0.3 is 10.1 Å². The highest BCUT2D eigenvalue weighted by Gasteiger charge is 2.20. The van der Waals surface area contributed by atoms with Crippen LogP contribution in [-0.4, -0.2) is 18.5 Å². The van der Waals surface area contributed by atoms with E-state index in [0.29, 0.717) is 20.8 Å². The van der Waals surface area contributed by atoms with Gasteiger partial charge in [-0.15, -0.1) is 11.3 Å². The van der Waals surface area contributed by atoms with Gasteiger partial charge in [0.25, 0.3) is 5.91 Å². The summed E-state index contributed by atoms with van der Waals surface area (Å²) in [5, 5.41) is 3.90. The fourth-order valence-corrected chi connectivity index (χ4v) is 4.03. The number of fused-ring (bicyclic) bond motifs is 1. The maximum absolute atomic E-state index is 13.3. The third-order valence-electron chi connectivity index (χ3n) is 3.32. The number of carbonyl (C=O) groups excluding carboxylic acids is 2. The summed E-state index contributed by atoms with van der Waals surface area (Å²) in [6, 6.07) is 8.57. The lowest BCUT2D eigenvalue weighted by atomic mass is 10.2. The van der Waals surface area contributed by atoms with Gasteiger partial charge in [-0.05, 0) is 36.4 Å². The van der Waals surface area contributed by atoms with Gasteiger partial charge in [0, 0.05) is 15.1 Å². The molecule has 0 radical (unpaired) electrons. The number of rotatable bonds is 4. The molecule has 1 aromatic heterocycles. The number of halogens is 4. The first-order chi connectivity index (χ1) is 12.3. The largest absolute Gasteiger partial charge is 0.451 e. The summed E-state index contributed by atoms with van der Waals surface area (Å²) >= 11 is 18.9. The second-order valence-electron chi connectivity index (χ2n) is 5.13. The van der Waals surface area contributed by atoms with Crippen molar-refractivity contribution in [2.24, 2.45) is 0 Å². The molecule has 0 saturated carbocycles. The van der Waals surface area contributed by atoms with E-state index in [1.807, 2.05) is 0 Å². The van der Waals surface area contributed by atoms with Crippen molar-refractivity contribution >= 4 is 73.8 Å². The van der Waals surface area contributed by atoms with Gasteiger partial charge >= 0.3 is 5.97 Å². The third-order valence-corrected chi connectivity index (χ3v) is 5.50. The Balaban J connectivity index is 1.67. The molecular weight excluding hydrogens is 424 g/mol. The van der Waals surface area contributed by atoms with Crippen LogP contribution in [-0.2, 0) is 9.53 Å². The van der Waals surface area contributed by atoms with Gasteiger partial charge in [0.15, 0.2) is 6.61 Å². The van der Waals surface area contributed by atoms with E-state index in [2.05, 4.69) is 5.32 Å². The minimum absolute atomic E-state index is 0.101. The Morgan fingerprint density at radius 3 is 2.62 bits per heavy atom. The van der Waals surface area contributed by atoms with E-state index in [1.54, 1.807) is 6.07 Å². The molecule has 0 saturated heterocycles. The zero-order valence-corrected chi connectivity index (χ0v) is 15.9. The maximum Gasteiger partial charge on any atom is 0.350 e. The number of nitrogens with one attached hydrogen (secondary N) is 1. The Morgan fingerprint density at radius 1 is 1.12 bits per heavy atom. The van der Waals surface area contributed by atoms with Crippen molar-refractivity contribution in [1.82, 2.24) is 0 Å². The Morgan fingerprint density at radius 2 is 1.88 bits per heavy atom. The Kier molecular flexibility index (Phi) is 5.67. The number of ether oxygens (including phenoxy) is 1. The molecule has 3 rings (SSSR count). The summed E-state index contributed by atoms with van der Waals surface area (Å²) in [6.45, 7) is -0.531. The molecule has 0 bridgehead atoms. The molecule has 134 valence electrons. The van der Waals surface area contributed by atoms with E-state index in [1.165, 1.54) is 30.3 Å². The molecule has 0 aliphatic heterocycles. The number of amides is 1. The van der Waals surface area contributed by atoms with Crippen LogP contribution in [0, 0.1) is 5.82 Å². The smallest absolute Gasteiger partial charge is 0.350 e. The molecule has 3 aromatic rings. The van der Waals surface area contributed by atoms with Crippen molar-refractivity contribution < 1.29 is 18.7 Å². The normalized spacial score (nSPS) is 10.8. The van der Waals surface area contributed by atoms with Crippen LogP contribution in [0.2, 0.25) is 15.1 Å². The zero-order valence-electron chi connectivity index (χ0n) is 12.8. The molecule has 0 spiro atoms.